The summed E-state index contributed by atoms with van der Waals surface area (Å²) in [6.45, 7) is 6.29. The minimum Gasteiger partial charge on any atom is -0.490 e. The van der Waals surface area contributed by atoms with Crippen LogP contribution in [0.5, 0.6) is 5.75 Å². The van der Waals surface area contributed by atoms with E-state index in [-0.39, 0.29) is 12.0 Å². The van der Waals surface area contributed by atoms with E-state index in [0.29, 0.717) is 23.1 Å². The third-order valence-corrected chi connectivity index (χ3v) is 7.06. The van der Waals surface area contributed by atoms with Crippen molar-refractivity contribution in [3.05, 3.63) is 56.7 Å². The van der Waals surface area contributed by atoms with Gasteiger partial charge in [0.1, 0.15) is 11.4 Å². The maximum Gasteiger partial charge on any atom is 0.415 e. The molecular formula is C27H30Cl2N4O3. The van der Waals surface area contributed by atoms with Crippen LogP contribution in [-0.4, -0.2) is 29.3 Å². The van der Waals surface area contributed by atoms with E-state index in [1.165, 1.54) is 0 Å². The second kappa shape index (κ2) is 9.94. The molecule has 0 saturated heterocycles. The van der Waals surface area contributed by atoms with Crippen molar-refractivity contribution in [2.24, 2.45) is 16.1 Å². The van der Waals surface area contributed by atoms with E-state index in [0.717, 1.165) is 59.1 Å². The molecule has 1 fully saturated rings. The zero-order valence-corrected chi connectivity index (χ0v) is 22.2. The summed E-state index contributed by atoms with van der Waals surface area (Å²) in [5.41, 5.74) is 2.04. The molecule has 7 nitrogen and oxygen atoms in total. The smallest absolute Gasteiger partial charge is 0.415 e. The quantitative estimate of drug-likeness (QED) is 0.527. The van der Waals surface area contributed by atoms with E-state index in [2.05, 4.69) is 15.2 Å². The summed E-state index contributed by atoms with van der Waals surface area (Å²) >= 11 is 12.5. The molecule has 0 spiro atoms. The molecule has 1 aromatic heterocycles. The number of anilines is 1. The Balaban J connectivity index is 1.43. The molecule has 3 heterocycles. The Kier molecular flexibility index (Phi) is 6.88. The lowest BCUT2D eigenvalue weighted by Crippen LogP contribution is -2.39. The number of hydrogen-bond donors (Lipinski definition) is 1. The van der Waals surface area contributed by atoms with Gasteiger partial charge in [0.15, 0.2) is 0 Å². The minimum absolute atomic E-state index is 0.139. The minimum atomic E-state index is -0.611. The molecule has 9 heteroatoms. The lowest BCUT2D eigenvalue weighted by atomic mass is 9.84. The molecule has 5 rings (SSSR count). The number of hydrogen-bond acceptors (Lipinski definition) is 5. The second-order valence-corrected chi connectivity index (χ2v) is 11.3. The molecule has 1 N–H and O–H groups in total. The zero-order chi connectivity index (χ0) is 25.4. The first-order chi connectivity index (χ1) is 17.2. The van der Waals surface area contributed by atoms with Crippen LogP contribution in [0.4, 0.5) is 10.5 Å². The number of carbonyl (C=O) groups is 1. The van der Waals surface area contributed by atoms with Crippen LogP contribution in [-0.2, 0) is 11.3 Å². The number of rotatable bonds is 3. The van der Waals surface area contributed by atoms with Crippen LogP contribution in [0, 0.1) is 5.92 Å². The number of fused-ring (bicyclic) bond motifs is 3. The van der Waals surface area contributed by atoms with Crippen molar-refractivity contribution in [3.8, 4) is 5.75 Å². The van der Waals surface area contributed by atoms with E-state index in [4.69, 9.17) is 32.7 Å². The van der Waals surface area contributed by atoms with Gasteiger partial charge in [-0.2, -0.15) is 10.2 Å². The van der Waals surface area contributed by atoms with Crippen molar-refractivity contribution >= 4 is 46.8 Å². The van der Waals surface area contributed by atoms with Gasteiger partial charge < -0.3 is 14.5 Å². The summed E-state index contributed by atoms with van der Waals surface area (Å²) in [4.78, 5) is 18.3. The first-order valence-electron chi connectivity index (χ1n) is 12.3. The van der Waals surface area contributed by atoms with E-state index in [9.17, 15) is 4.79 Å². The molecule has 2 aromatic rings. The standard InChI is InChI=1S/C27H30Cl2N4O3/c1-27(2,3)36-26(34)33-12-11-18(29)14-22-25(33)21-15-30-32-23(24(21)31-22)16-7-9-19(10-8-16)35-20-6-4-5-17(28)13-20/h4-6,11,13-14,16,19,31H,7-10,12,15H2,1-3H3. The lowest BCUT2D eigenvalue weighted by Gasteiger charge is -2.29. The van der Waals surface area contributed by atoms with Crippen molar-refractivity contribution in [1.82, 2.24) is 4.98 Å². The third kappa shape index (κ3) is 5.32. The van der Waals surface area contributed by atoms with Gasteiger partial charge in [0.25, 0.3) is 0 Å². The Hall–Kier alpha value is -2.77. The number of nitrogens with one attached hydrogen (secondary N) is 1. The number of allylic oxidation sites excluding steroid dienone is 1. The van der Waals surface area contributed by atoms with Crippen LogP contribution in [0.3, 0.4) is 0 Å². The van der Waals surface area contributed by atoms with Gasteiger partial charge in [0.2, 0.25) is 0 Å². The van der Waals surface area contributed by atoms with Crippen molar-refractivity contribution < 1.29 is 14.3 Å². The molecule has 190 valence electrons. The van der Waals surface area contributed by atoms with Crippen LogP contribution in [0.15, 0.2) is 45.6 Å². The maximum absolute atomic E-state index is 13.1. The summed E-state index contributed by atoms with van der Waals surface area (Å²) in [6.07, 6.45) is 7.08. The van der Waals surface area contributed by atoms with E-state index in [1.807, 2.05) is 57.2 Å². The molecule has 36 heavy (non-hydrogen) atoms. The Bertz CT molecular complexity index is 1350. The van der Waals surface area contributed by atoms with E-state index >= 15 is 0 Å². The lowest BCUT2D eigenvalue weighted by molar-refractivity contribution is 0.0584. The van der Waals surface area contributed by atoms with Crippen LogP contribution in [0.2, 0.25) is 5.02 Å². The predicted molar refractivity (Wildman–Crippen MR) is 142 cm³/mol. The topological polar surface area (TPSA) is 79.3 Å². The van der Waals surface area contributed by atoms with Crippen molar-refractivity contribution in [3.63, 3.8) is 0 Å². The van der Waals surface area contributed by atoms with Gasteiger partial charge in [-0.1, -0.05) is 29.3 Å². The highest BCUT2D eigenvalue weighted by atomic mass is 35.5. The number of H-pyrrole nitrogens is 1. The Morgan fingerprint density at radius 2 is 1.94 bits per heavy atom. The summed E-state index contributed by atoms with van der Waals surface area (Å²) < 4.78 is 11.9. The molecule has 3 aliphatic rings. The SMILES string of the molecule is CC(C)(C)OC(=O)N1CC=C(Cl)C=c2[nH]c3c(c21)CN=NC=3C1CCC(Oc2cccc(Cl)c2)CC1. The number of aromatic amines is 1. The van der Waals surface area contributed by atoms with Gasteiger partial charge >= 0.3 is 6.09 Å². The fraction of sp³-hybridized carbons (Fsp3) is 0.444. The highest BCUT2D eigenvalue weighted by Crippen LogP contribution is 2.35. The first kappa shape index (κ1) is 24.9. The van der Waals surface area contributed by atoms with Crippen molar-refractivity contribution in [1.29, 1.82) is 0 Å². The van der Waals surface area contributed by atoms with Gasteiger partial charge in [0, 0.05) is 28.1 Å². The van der Waals surface area contributed by atoms with Crippen LogP contribution in [0.25, 0.3) is 11.8 Å². The number of ether oxygens (including phenoxy) is 2. The van der Waals surface area contributed by atoms with Gasteiger partial charge in [-0.15, -0.1) is 0 Å². The molecule has 0 bridgehead atoms. The van der Waals surface area contributed by atoms with Gasteiger partial charge in [0.05, 0.1) is 34.7 Å². The third-order valence-electron chi connectivity index (χ3n) is 6.56. The number of halogens is 2. The van der Waals surface area contributed by atoms with E-state index < -0.39 is 11.7 Å². The molecule has 0 radical (unpaired) electrons. The molecule has 0 unspecified atom stereocenters. The molecular weight excluding hydrogens is 499 g/mol. The molecule has 1 saturated carbocycles. The highest BCUT2D eigenvalue weighted by Gasteiger charge is 2.32. The van der Waals surface area contributed by atoms with Gasteiger partial charge in [-0.25, -0.2) is 4.79 Å². The second-order valence-electron chi connectivity index (χ2n) is 10.4. The number of amides is 1. The largest absolute Gasteiger partial charge is 0.490 e. The predicted octanol–water partition coefficient (Wildman–Crippen LogP) is 6.04. The fourth-order valence-electron chi connectivity index (χ4n) is 4.99. The maximum atomic E-state index is 13.1. The average molecular weight is 529 g/mol. The highest BCUT2D eigenvalue weighted by molar-refractivity contribution is 6.34. The van der Waals surface area contributed by atoms with Gasteiger partial charge in [-0.3, -0.25) is 4.90 Å². The summed E-state index contributed by atoms with van der Waals surface area (Å²) in [5.74, 6) is 1.05. The molecule has 0 atom stereocenters. The van der Waals surface area contributed by atoms with Crippen LogP contribution >= 0.6 is 23.2 Å². The number of nitrogens with zero attached hydrogens (tertiary/aromatic N) is 3. The van der Waals surface area contributed by atoms with Crippen molar-refractivity contribution in [2.75, 3.05) is 11.4 Å². The molecule has 1 amide bonds. The number of aromatic nitrogens is 1. The monoisotopic (exact) mass is 528 g/mol. The number of azo groups is 1. The summed E-state index contributed by atoms with van der Waals surface area (Å²) in [5, 5.41) is 12.0. The number of benzene rings is 1. The molecule has 1 aliphatic carbocycles. The van der Waals surface area contributed by atoms with Gasteiger partial charge in [-0.05, 0) is 76.8 Å². The Morgan fingerprint density at radius 1 is 1.17 bits per heavy atom. The fourth-order valence-corrected chi connectivity index (χ4v) is 5.35. The Labute approximate surface area is 220 Å². The number of carbonyl (C=O) groups excluding carboxylic acids is 1. The summed E-state index contributed by atoms with van der Waals surface area (Å²) in [6, 6.07) is 7.53. The van der Waals surface area contributed by atoms with E-state index in [1.54, 1.807) is 4.90 Å². The Morgan fingerprint density at radius 3 is 2.67 bits per heavy atom. The van der Waals surface area contributed by atoms with Crippen molar-refractivity contribution in [2.45, 2.75) is 64.7 Å². The normalized spacial score (nSPS) is 21.6. The zero-order valence-electron chi connectivity index (χ0n) is 20.7. The summed E-state index contributed by atoms with van der Waals surface area (Å²) in [7, 11) is 0. The average Bonchev–Trinajstić information content (AvgIpc) is 3.07. The van der Waals surface area contributed by atoms with Crippen LogP contribution in [0.1, 0.15) is 52.0 Å². The molecule has 1 aromatic carbocycles. The first-order valence-corrected chi connectivity index (χ1v) is 13.1. The molecule has 2 aliphatic heterocycles. The van der Waals surface area contributed by atoms with Crippen LogP contribution < -0.4 is 20.3 Å².